The van der Waals surface area contributed by atoms with Crippen molar-refractivity contribution < 1.29 is 10.2 Å². The van der Waals surface area contributed by atoms with E-state index >= 15 is 0 Å². The summed E-state index contributed by atoms with van der Waals surface area (Å²) in [6, 6.07) is 29.8. The molecule has 0 atom stereocenters. The van der Waals surface area contributed by atoms with Crippen LogP contribution in [0.5, 0.6) is 0 Å². The Morgan fingerprint density at radius 3 is 1.66 bits per heavy atom. The molecule has 1 fully saturated rings. The number of hydrogen-bond donors (Lipinski definition) is 2. The van der Waals surface area contributed by atoms with Crippen molar-refractivity contribution in [3.05, 3.63) is 108 Å². The molecule has 3 heteroatoms. The number of nitrogens with zero attached hydrogens (tertiary/aromatic N) is 1. The van der Waals surface area contributed by atoms with E-state index in [4.69, 9.17) is 0 Å². The average molecular weight is 388 g/mol. The molecule has 2 N–H and O–H groups in total. The van der Waals surface area contributed by atoms with E-state index in [2.05, 4.69) is 4.90 Å². The summed E-state index contributed by atoms with van der Waals surface area (Å²) in [7, 11) is 0. The Morgan fingerprint density at radius 1 is 0.724 bits per heavy atom. The van der Waals surface area contributed by atoms with Gasteiger partial charge in [-0.25, -0.2) is 0 Å². The van der Waals surface area contributed by atoms with Crippen molar-refractivity contribution in [1.29, 1.82) is 0 Å². The molecular weight excluding hydrogens is 358 g/mol. The molecule has 29 heavy (non-hydrogen) atoms. The van der Waals surface area contributed by atoms with Crippen LogP contribution in [-0.2, 0) is 11.2 Å². The van der Waals surface area contributed by atoms with E-state index in [1.54, 1.807) is 0 Å². The topological polar surface area (TPSA) is 43.7 Å². The largest absolute Gasteiger partial charge is 0.385 e. The van der Waals surface area contributed by atoms with Crippen LogP contribution in [0.25, 0.3) is 0 Å². The maximum atomic E-state index is 11.7. The Balaban J connectivity index is 1.46. The number of piperidine rings is 1. The number of rotatable bonds is 6. The first-order valence-corrected chi connectivity index (χ1v) is 10.4. The molecule has 150 valence electrons. The molecule has 4 rings (SSSR count). The van der Waals surface area contributed by atoms with Crippen molar-refractivity contribution in [2.24, 2.45) is 0 Å². The van der Waals surface area contributed by atoms with Gasteiger partial charge in [0.15, 0.2) is 0 Å². The summed E-state index contributed by atoms with van der Waals surface area (Å²) in [5.41, 5.74) is 1.08. The molecule has 3 aromatic carbocycles. The van der Waals surface area contributed by atoms with Gasteiger partial charge in [-0.1, -0.05) is 91.0 Å². The first kappa shape index (κ1) is 19.8. The van der Waals surface area contributed by atoms with Gasteiger partial charge in [0.25, 0.3) is 0 Å². The second kappa shape index (κ2) is 8.50. The maximum Gasteiger partial charge on any atom is 0.116 e. The van der Waals surface area contributed by atoms with Crippen LogP contribution in [0.1, 0.15) is 36.0 Å². The smallest absolute Gasteiger partial charge is 0.116 e. The quantitative estimate of drug-likeness (QED) is 0.663. The highest BCUT2D eigenvalue weighted by atomic mass is 16.3. The van der Waals surface area contributed by atoms with E-state index in [0.717, 1.165) is 36.3 Å². The Morgan fingerprint density at radius 2 is 1.17 bits per heavy atom. The van der Waals surface area contributed by atoms with Crippen LogP contribution in [0.2, 0.25) is 0 Å². The lowest BCUT2D eigenvalue weighted by Gasteiger charge is -2.40. The Bertz CT molecular complexity index is 848. The first-order chi connectivity index (χ1) is 14.1. The van der Waals surface area contributed by atoms with Crippen molar-refractivity contribution in [3.63, 3.8) is 0 Å². The standard InChI is InChI=1S/C26H29NO2/c28-25(22-10-4-1-5-11-22)16-19-27(20-17-25)21-18-26(29,23-12-6-2-7-13-23)24-14-8-3-9-15-24/h1-15,28-29H,16-21H2. The molecule has 0 aliphatic carbocycles. The summed E-state index contributed by atoms with van der Waals surface area (Å²) < 4.78 is 0. The molecule has 0 radical (unpaired) electrons. The zero-order valence-electron chi connectivity index (χ0n) is 16.7. The van der Waals surface area contributed by atoms with Crippen LogP contribution in [-0.4, -0.2) is 34.7 Å². The van der Waals surface area contributed by atoms with Crippen molar-refractivity contribution in [3.8, 4) is 0 Å². The third-order valence-corrected chi connectivity index (χ3v) is 6.29. The zero-order chi connectivity index (χ0) is 20.2. The minimum Gasteiger partial charge on any atom is -0.385 e. The molecule has 0 bridgehead atoms. The van der Waals surface area contributed by atoms with Gasteiger partial charge in [0, 0.05) is 19.6 Å². The van der Waals surface area contributed by atoms with Gasteiger partial charge in [0.1, 0.15) is 5.60 Å². The fourth-order valence-electron chi connectivity index (χ4n) is 4.39. The summed E-state index contributed by atoms with van der Waals surface area (Å²) in [5, 5.41) is 22.8. The van der Waals surface area contributed by atoms with Gasteiger partial charge in [-0.15, -0.1) is 0 Å². The lowest BCUT2D eigenvalue weighted by molar-refractivity contribution is -0.0315. The van der Waals surface area contributed by atoms with Crippen LogP contribution < -0.4 is 0 Å². The molecule has 0 unspecified atom stereocenters. The number of aliphatic hydroxyl groups is 2. The molecule has 3 aromatic rings. The number of likely N-dealkylation sites (tertiary alicyclic amines) is 1. The van der Waals surface area contributed by atoms with Crippen LogP contribution in [0, 0.1) is 0 Å². The van der Waals surface area contributed by atoms with Crippen LogP contribution in [0.4, 0.5) is 0 Å². The van der Waals surface area contributed by atoms with Crippen LogP contribution >= 0.6 is 0 Å². The third kappa shape index (κ3) is 4.27. The molecule has 0 amide bonds. The van der Waals surface area contributed by atoms with E-state index in [1.807, 2.05) is 91.0 Å². The molecule has 1 heterocycles. The zero-order valence-corrected chi connectivity index (χ0v) is 16.7. The Labute approximate surface area is 173 Å². The van der Waals surface area contributed by atoms with Crippen LogP contribution in [0.15, 0.2) is 91.0 Å². The molecule has 0 spiro atoms. The Hall–Kier alpha value is -2.46. The van der Waals surface area contributed by atoms with Gasteiger partial charge in [-0.2, -0.15) is 0 Å². The fourth-order valence-corrected chi connectivity index (χ4v) is 4.39. The van der Waals surface area contributed by atoms with Gasteiger partial charge in [-0.3, -0.25) is 0 Å². The first-order valence-electron chi connectivity index (χ1n) is 10.4. The lowest BCUT2D eigenvalue weighted by Crippen LogP contribution is -2.44. The van der Waals surface area contributed by atoms with Gasteiger partial charge < -0.3 is 15.1 Å². The van der Waals surface area contributed by atoms with E-state index in [0.29, 0.717) is 19.3 Å². The highest BCUT2D eigenvalue weighted by molar-refractivity contribution is 5.35. The summed E-state index contributed by atoms with van der Waals surface area (Å²) in [4.78, 5) is 2.36. The van der Waals surface area contributed by atoms with Gasteiger partial charge >= 0.3 is 0 Å². The third-order valence-electron chi connectivity index (χ3n) is 6.29. The number of benzene rings is 3. The van der Waals surface area contributed by atoms with Crippen molar-refractivity contribution in [1.82, 2.24) is 4.90 Å². The SMILES string of the molecule is OC1(c2ccccc2)CCN(CCC(O)(c2ccccc2)c2ccccc2)CC1. The summed E-state index contributed by atoms with van der Waals surface area (Å²) in [6.07, 6.45) is 2.04. The average Bonchev–Trinajstić information content (AvgIpc) is 2.80. The predicted octanol–water partition coefficient (Wildman–Crippen LogP) is 4.30. The van der Waals surface area contributed by atoms with Crippen molar-refractivity contribution in [2.45, 2.75) is 30.5 Å². The maximum absolute atomic E-state index is 11.7. The van der Waals surface area contributed by atoms with Gasteiger partial charge in [-0.05, 0) is 36.0 Å². The van der Waals surface area contributed by atoms with E-state index in [9.17, 15) is 10.2 Å². The Kier molecular flexibility index (Phi) is 5.81. The van der Waals surface area contributed by atoms with Crippen molar-refractivity contribution in [2.75, 3.05) is 19.6 Å². The van der Waals surface area contributed by atoms with Gasteiger partial charge in [0.2, 0.25) is 0 Å². The van der Waals surface area contributed by atoms with Gasteiger partial charge in [0.05, 0.1) is 5.60 Å². The second-order valence-electron chi connectivity index (χ2n) is 8.08. The summed E-state index contributed by atoms with van der Waals surface area (Å²) in [5.74, 6) is 0. The highest BCUT2D eigenvalue weighted by Crippen LogP contribution is 2.36. The summed E-state index contributed by atoms with van der Waals surface area (Å²) >= 11 is 0. The molecular formula is C26H29NO2. The van der Waals surface area contributed by atoms with E-state index in [-0.39, 0.29) is 0 Å². The molecule has 1 saturated heterocycles. The fraction of sp³-hybridized carbons (Fsp3) is 0.308. The second-order valence-corrected chi connectivity index (χ2v) is 8.08. The number of hydrogen-bond acceptors (Lipinski definition) is 3. The lowest BCUT2D eigenvalue weighted by atomic mass is 9.82. The normalized spacial score (nSPS) is 17.2. The molecule has 1 aliphatic heterocycles. The van der Waals surface area contributed by atoms with Crippen molar-refractivity contribution >= 4 is 0 Å². The summed E-state index contributed by atoms with van der Waals surface area (Å²) in [6.45, 7) is 2.43. The minimum atomic E-state index is -1.02. The minimum absolute atomic E-state index is 0.616. The molecule has 0 aromatic heterocycles. The highest BCUT2D eigenvalue weighted by Gasteiger charge is 2.36. The molecule has 1 aliphatic rings. The predicted molar refractivity (Wildman–Crippen MR) is 117 cm³/mol. The molecule has 0 saturated carbocycles. The van der Waals surface area contributed by atoms with Crippen LogP contribution in [0.3, 0.4) is 0 Å². The monoisotopic (exact) mass is 387 g/mol. The van der Waals surface area contributed by atoms with E-state index in [1.165, 1.54) is 0 Å². The molecule has 3 nitrogen and oxygen atoms in total. The van der Waals surface area contributed by atoms with E-state index < -0.39 is 11.2 Å².